The summed E-state index contributed by atoms with van der Waals surface area (Å²) < 4.78 is 15.7. The van der Waals surface area contributed by atoms with Crippen molar-refractivity contribution in [3.05, 3.63) is 42.0 Å². The first-order valence-corrected chi connectivity index (χ1v) is 9.40. The van der Waals surface area contributed by atoms with Gasteiger partial charge in [0.1, 0.15) is 17.5 Å². The van der Waals surface area contributed by atoms with Crippen molar-refractivity contribution in [3.63, 3.8) is 0 Å². The van der Waals surface area contributed by atoms with Crippen molar-refractivity contribution in [2.24, 2.45) is 0 Å². The van der Waals surface area contributed by atoms with Gasteiger partial charge in [-0.05, 0) is 19.1 Å². The molecule has 152 valence electrons. The Kier molecular flexibility index (Phi) is 5.71. The monoisotopic (exact) mass is 398 g/mol. The van der Waals surface area contributed by atoms with Gasteiger partial charge in [-0.25, -0.2) is 9.97 Å². The molecule has 0 unspecified atom stereocenters. The molecular weight excluding hydrogens is 376 g/mol. The molecule has 1 amide bonds. The third-order valence-corrected chi connectivity index (χ3v) is 4.38. The van der Waals surface area contributed by atoms with Gasteiger partial charge in [0.05, 0.1) is 19.5 Å². The number of nitrogens with one attached hydrogen (secondary N) is 2. The van der Waals surface area contributed by atoms with E-state index in [1.807, 2.05) is 13.0 Å². The lowest BCUT2D eigenvalue weighted by atomic mass is 10.3. The van der Waals surface area contributed by atoms with E-state index in [4.69, 9.17) is 13.7 Å². The van der Waals surface area contributed by atoms with E-state index in [2.05, 4.69) is 30.7 Å². The van der Waals surface area contributed by atoms with E-state index < -0.39 is 0 Å². The minimum atomic E-state index is -0.318. The van der Waals surface area contributed by atoms with E-state index in [1.165, 1.54) is 6.26 Å². The molecule has 1 saturated heterocycles. The maximum absolute atomic E-state index is 12.2. The van der Waals surface area contributed by atoms with Gasteiger partial charge in [0, 0.05) is 38.3 Å². The van der Waals surface area contributed by atoms with E-state index in [1.54, 1.807) is 18.2 Å². The van der Waals surface area contributed by atoms with Crippen LogP contribution in [0, 0.1) is 6.92 Å². The van der Waals surface area contributed by atoms with Crippen molar-refractivity contribution in [1.82, 2.24) is 20.4 Å². The van der Waals surface area contributed by atoms with Gasteiger partial charge in [0.15, 0.2) is 11.5 Å². The van der Waals surface area contributed by atoms with Crippen LogP contribution in [0.4, 0.5) is 11.6 Å². The summed E-state index contributed by atoms with van der Waals surface area (Å²) in [6.45, 7) is 5.78. The second kappa shape index (κ2) is 8.74. The number of furan rings is 1. The summed E-state index contributed by atoms with van der Waals surface area (Å²) in [6.07, 6.45) is 1.53. The molecule has 0 aliphatic carbocycles. The van der Waals surface area contributed by atoms with E-state index in [0.717, 1.165) is 24.7 Å². The fourth-order valence-corrected chi connectivity index (χ4v) is 2.97. The topological polar surface area (TPSA) is 119 Å². The normalized spacial score (nSPS) is 14.0. The fraction of sp³-hybridized carbons (Fsp3) is 0.368. The first-order chi connectivity index (χ1) is 14.2. The predicted molar refractivity (Wildman–Crippen MR) is 105 cm³/mol. The quantitative estimate of drug-likeness (QED) is 0.573. The van der Waals surface area contributed by atoms with Crippen LogP contribution in [-0.4, -0.2) is 60.4 Å². The van der Waals surface area contributed by atoms with Gasteiger partial charge in [0.2, 0.25) is 5.76 Å². The van der Waals surface area contributed by atoms with Crippen molar-refractivity contribution < 1.29 is 18.5 Å². The van der Waals surface area contributed by atoms with Crippen molar-refractivity contribution in [2.45, 2.75) is 6.92 Å². The maximum atomic E-state index is 12.2. The highest BCUT2D eigenvalue weighted by Gasteiger charge is 2.16. The molecule has 1 fully saturated rings. The molecule has 0 spiro atoms. The lowest BCUT2D eigenvalue weighted by molar-refractivity contribution is 0.0946. The fourth-order valence-electron chi connectivity index (χ4n) is 2.97. The van der Waals surface area contributed by atoms with Crippen molar-refractivity contribution in [1.29, 1.82) is 0 Å². The number of amides is 1. The molecule has 10 heteroatoms. The zero-order valence-corrected chi connectivity index (χ0v) is 16.1. The molecule has 4 heterocycles. The van der Waals surface area contributed by atoms with Crippen LogP contribution in [0.15, 0.2) is 39.5 Å². The van der Waals surface area contributed by atoms with Crippen LogP contribution in [0.1, 0.15) is 16.3 Å². The number of morpholine rings is 1. The summed E-state index contributed by atoms with van der Waals surface area (Å²) in [5, 5.41) is 9.79. The molecule has 3 aromatic heterocycles. The van der Waals surface area contributed by atoms with Gasteiger partial charge in [-0.2, -0.15) is 0 Å². The van der Waals surface area contributed by atoms with Crippen LogP contribution in [0.5, 0.6) is 0 Å². The first kappa shape index (κ1) is 18.9. The number of carbonyl (C=O) groups is 1. The lowest BCUT2D eigenvalue weighted by Gasteiger charge is -2.28. The predicted octanol–water partition coefficient (Wildman–Crippen LogP) is 1.71. The van der Waals surface area contributed by atoms with Crippen LogP contribution in [0.3, 0.4) is 0 Å². The second-order valence-electron chi connectivity index (χ2n) is 6.49. The molecule has 1 aliphatic heterocycles. The van der Waals surface area contributed by atoms with Crippen molar-refractivity contribution >= 4 is 17.5 Å². The van der Waals surface area contributed by atoms with Crippen LogP contribution in [0.2, 0.25) is 0 Å². The molecule has 0 bridgehead atoms. The maximum Gasteiger partial charge on any atom is 0.273 e. The zero-order chi connectivity index (χ0) is 20.1. The molecule has 4 rings (SSSR count). The highest BCUT2D eigenvalue weighted by atomic mass is 16.5. The van der Waals surface area contributed by atoms with E-state index in [9.17, 15) is 4.79 Å². The number of nitrogens with zero attached hydrogens (tertiary/aromatic N) is 4. The Morgan fingerprint density at radius 3 is 2.83 bits per heavy atom. The number of aromatic nitrogens is 3. The minimum Gasteiger partial charge on any atom is -0.461 e. The zero-order valence-electron chi connectivity index (χ0n) is 16.1. The Morgan fingerprint density at radius 1 is 1.17 bits per heavy atom. The average Bonchev–Trinajstić information content (AvgIpc) is 3.43. The van der Waals surface area contributed by atoms with Gasteiger partial charge in [-0.1, -0.05) is 5.16 Å². The minimum absolute atomic E-state index is 0.198. The summed E-state index contributed by atoms with van der Waals surface area (Å²) in [5.74, 6) is 2.89. The molecule has 0 aromatic carbocycles. The van der Waals surface area contributed by atoms with Gasteiger partial charge >= 0.3 is 0 Å². The smallest absolute Gasteiger partial charge is 0.273 e. The molecule has 2 N–H and O–H groups in total. The molecule has 0 atom stereocenters. The molecule has 0 saturated carbocycles. The van der Waals surface area contributed by atoms with Crippen LogP contribution in [0.25, 0.3) is 11.5 Å². The lowest BCUT2D eigenvalue weighted by Crippen LogP contribution is -2.37. The molecule has 3 aromatic rings. The van der Waals surface area contributed by atoms with E-state index in [-0.39, 0.29) is 11.6 Å². The van der Waals surface area contributed by atoms with Crippen LogP contribution < -0.4 is 15.5 Å². The summed E-state index contributed by atoms with van der Waals surface area (Å²) >= 11 is 0. The van der Waals surface area contributed by atoms with Crippen molar-refractivity contribution in [2.75, 3.05) is 49.6 Å². The third-order valence-electron chi connectivity index (χ3n) is 4.38. The molecule has 29 heavy (non-hydrogen) atoms. The Bertz CT molecular complexity index is 950. The van der Waals surface area contributed by atoms with Gasteiger partial charge in [-0.3, -0.25) is 4.79 Å². The average molecular weight is 398 g/mol. The highest BCUT2D eigenvalue weighted by Crippen LogP contribution is 2.20. The van der Waals surface area contributed by atoms with E-state index >= 15 is 0 Å². The summed E-state index contributed by atoms with van der Waals surface area (Å²) in [4.78, 5) is 23.3. The Hall–Kier alpha value is -3.40. The van der Waals surface area contributed by atoms with Gasteiger partial charge in [0.25, 0.3) is 5.91 Å². The Labute approximate surface area is 167 Å². The van der Waals surface area contributed by atoms with Gasteiger partial charge in [-0.15, -0.1) is 0 Å². The number of rotatable bonds is 7. The molecular formula is C19H22N6O4. The van der Waals surface area contributed by atoms with Gasteiger partial charge < -0.3 is 29.2 Å². The summed E-state index contributed by atoms with van der Waals surface area (Å²) in [6, 6.07) is 6.93. The third kappa shape index (κ3) is 4.72. The molecule has 0 radical (unpaired) electrons. The summed E-state index contributed by atoms with van der Waals surface area (Å²) in [5.41, 5.74) is 0.198. The van der Waals surface area contributed by atoms with Crippen LogP contribution in [-0.2, 0) is 4.74 Å². The number of hydrogen-bond acceptors (Lipinski definition) is 9. The number of anilines is 2. The Balaban J connectivity index is 1.28. The van der Waals surface area contributed by atoms with E-state index in [0.29, 0.717) is 43.6 Å². The van der Waals surface area contributed by atoms with Crippen molar-refractivity contribution in [3.8, 4) is 11.5 Å². The molecule has 10 nitrogen and oxygen atoms in total. The largest absolute Gasteiger partial charge is 0.461 e. The number of ether oxygens (including phenoxy) is 1. The SMILES string of the molecule is Cc1nc(NCCNC(=O)c2cc(-c3ccco3)on2)cc(N2CCOCC2)n1. The summed E-state index contributed by atoms with van der Waals surface area (Å²) in [7, 11) is 0. The number of carbonyl (C=O) groups excluding carboxylic acids is 1. The number of aryl methyl sites for hydroxylation is 1. The first-order valence-electron chi connectivity index (χ1n) is 9.40. The Morgan fingerprint density at radius 2 is 2.03 bits per heavy atom. The highest BCUT2D eigenvalue weighted by molar-refractivity contribution is 5.92. The second-order valence-corrected chi connectivity index (χ2v) is 6.49. The number of hydrogen-bond donors (Lipinski definition) is 2. The molecule has 1 aliphatic rings. The van der Waals surface area contributed by atoms with Crippen LogP contribution >= 0.6 is 0 Å². The standard InChI is InChI=1S/C19H22N6O4/c1-13-22-17(12-18(23-13)25-6-9-27-10-7-25)20-4-5-21-19(26)14-11-16(29-24-14)15-3-2-8-28-15/h2-3,8,11-12H,4-7,9-10H2,1H3,(H,21,26)(H,20,22,23).